The first kappa shape index (κ1) is 17.0. The number of carboxylic acids is 1. The van der Waals surface area contributed by atoms with Gasteiger partial charge < -0.3 is 20.6 Å². The van der Waals surface area contributed by atoms with E-state index in [1.807, 2.05) is 20.2 Å². The van der Waals surface area contributed by atoms with Gasteiger partial charge in [0.15, 0.2) is 0 Å². The lowest BCUT2D eigenvalue weighted by molar-refractivity contribution is 0.0696. The summed E-state index contributed by atoms with van der Waals surface area (Å²) in [5.74, 6) is -0.941. The maximum atomic E-state index is 11.5. The number of carboxylic acid groups (broad SMARTS) is 1. The predicted molar refractivity (Wildman–Crippen MR) is 81.7 cm³/mol. The van der Waals surface area contributed by atoms with Gasteiger partial charge in [-0.2, -0.15) is 0 Å². The smallest absolute Gasteiger partial charge is 0.335 e. The second-order valence-corrected chi connectivity index (χ2v) is 5.10. The van der Waals surface area contributed by atoms with E-state index in [9.17, 15) is 9.59 Å². The lowest BCUT2D eigenvalue weighted by Crippen LogP contribution is -2.37. The van der Waals surface area contributed by atoms with Gasteiger partial charge >= 0.3 is 12.0 Å². The zero-order valence-corrected chi connectivity index (χ0v) is 12.6. The molecule has 1 aromatic rings. The molecule has 116 valence electrons. The molecule has 0 heterocycles. The monoisotopic (exact) mass is 293 g/mol. The second-order valence-electron chi connectivity index (χ2n) is 5.10. The zero-order valence-electron chi connectivity index (χ0n) is 12.6. The molecule has 6 nitrogen and oxygen atoms in total. The van der Waals surface area contributed by atoms with Crippen LogP contribution in [0.4, 0.5) is 4.79 Å². The van der Waals surface area contributed by atoms with E-state index in [0.717, 1.165) is 18.5 Å². The Hall–Kier alpha value is -2.08. The van der Waals surface area contributed by atoms with Crippen LogP contribution in [-0.4, -0.2) is 55.7 Å². The Labute approximate surface area is 125 Å². The fourth-order valence-electron chi connectivity index (χ4n) is 1.84. The van der Waals surface area contributed by atoms with Crippen LogP contribution >= 0.6 is 0 Å². The third-order valence-electron chi connectivity index (χ3n) is 2.94. The van der Waals surface area contributed by atoms with E-state index in [1.165, 1.54) is 0 Å². The molecule has 0 unspecified atom stereocenters. The standard InChI is InChI=1S/C15H23N3O3/c1-18(2)10-4-8-16-15(21)17-9-7-12-5-3-6-13(11-12)14(19)20/h3,5-6,11H,4,7-10H2,1-2H3,(H,19,20)(H2,16,17,21). The van der Waals surface area contributed by atoms with Crippen LogP contribution in [0, 0.1) is 0 Å². The molecule has 0 aliphatic carbocycles. The van der Waals surface area contributed by atoms with Gasteiger partial charge in [-0.1, -0.05) is 12.1 Å². The van der Waals surface area contributed by atoms with E-state index >= 15 is 0 Å². The molecule has 21 heavy (non-hydrogen) atoms. The minimum Gasteiger partial charge on any atom is -0.478 e. The molecule has 0 atom stereocenters. The Morgan fingerprint density at radius 1 is 1.19 bits per heavy atom. The molecule has 0 aliphatic rings. The van der Waals surface area contributed by atoms with Crippen molar-refractivity contribution in [1.29, 1.82) is 0 Å². The van der Waals surface area contributed by atoms with Crippen LogP contribution in [0.25, 0.3) is 0 Å². The van der Waals surface area contributed by atoms with Crippen LogP contribution in [0.15, 0.2) is 24.3 Å². The summed E-state index contributed by atoms with van der Waals surface area (Å²) in [5, 5.41) is 14.4. The molecular formula is C15H23N3O3. The quantitative estimate of drug-likeness (QED) is 0.629. The van der Waals surface area contributed by atoms with Gasteiger partial charge in [0.05, 0.1) is 5.56 Å². The molecular weight excluding hydrogens is 270 g/mol. The minimum absolute atomic E-state index is 0.192. The number of nitrogens with one attached hydrogen (secondary N) is 2. The Kier molecular flexibility index (Phi) is 7.25. The Bertz CT molecular complexity index is 475. The highest BCUT2D eigenvalue weighted by Crippen LogP contribution is 2.05. The van der Waals surface area contributed by atoms with Gasteiger partial charge in [0.1, 0.15) is 0 Å². The first-order valence-electron chi connectivity index (χ1n) is 6.97. The summed E-state index contributed by atoms with van der Waals surface area (Å²) in [6, 6.07) is 6.54. The predicted octanol–water partition coefficient (Wildman–Crippen LogP) is 1.18. The van der Waals surface area contributed by atoms with Gasteiger partial charge in [-0.05, 0) is 51.2 Å². The summed E-state index contributed by atoms with van der Waals surface area (Å²) in [5.41, 5.74) is 1.16. The molecule has 0 bridgehead atoms. The topological polar surface area (TPSA) is 81.7 Å². The van der Waals surface area contributed by atoms with Crippen molar-refractivity contribution in [2.45, 2.75) is 12.8 Å². The van der Waals surface area contributed by atoms with E-state index < -0.39 is 5.97 Å². The van der Waals surface area contributed by atoms with Crippen LogP contribution in [0.2, 0.25) is 0 Å². The van der Waals surface area contributed by atoms with E-state index in [0.29, 0.717) is 19.5 Å². The van der Waals surface area contributed by atoms with E-state index in [2.05, 4.69) is 15.5 Å². The number of carbonyl (C=O) groups excluding carboxylic acids is 1. The lowest BCUT2D eigenvalue weighted by atomic mass is 10.1. The van der Waals surface area contributed by atoms with Crippen LogP contribution in [0.5, 0.6) is 0 Å². The van der Waals surface area contributed by atoms with Crippen molar-refractivity contribution in [3.05, 3.63) is 35.4 Å². The summed E-state index contributed by atoms with van der Waals surface area (Å²) in [6.07, 6.45) is 1.51. The van der Waals surface area contributed by atoms with Gasteiger partial charge in [0, 0.05) is 13.1 Å². The van der Waals surface area contributed by atoms with Gasteiger partial charge in [-0.25, -0.2) is 9.59 Å². The van der Waals surface area contributed by atoms with Crippen molar-refractivity contribution in [2.24, 2.45) is 0 Å². The van der Waals surface area contributed by atoms with Crippen LogP contribution < -0.4 is 10.6 Å². The molecule has 0 saturated heterocycles. The summed E-state index contributed by atoms with van der Waals surface area (Å²) in [7, 11) is 3.98. The SMILES string of the molecule is CN(C)CCCNC(=O)NCCc1cccc(C(=O)O)c1. The molecule has 0 radical (unpaired) electrons. The largest absolute Gasteiger partial charge is 0.478 e. The highest BCUT2D eigenvalue weighted by Gasteiger charge is 2.04. The number of hydrogen-bond acceptors (Lipinski definition) is 3. The van der Waals surface area contributed by atoms with Gasteiger partial charge in [0.25, 0.3) is 0 Å². The van der Waals surface area contributed by atoms with Gasteiger partial charge in [-0.15, -0.1) is 0 Å². The third-order valence-corrected chi connectivity index (χ3v) is 2.94. The average molecular weight is 293 g/mol. The Balaban J connectivity index is 2.22. The normalized spacial score (nSPS) is 10.4. The molecule has 1 rings (SSSR count). The zero-order chi connectivity index (χ0) is 15.7. The highest BCUT2D eigenvalue weighted by atomic mass is 16.4. The third kappa shape index (κ3) is 7.31. The first-order valence-corrected chi connectivity index (χ1v) is 6.97. The van der Waals surface area contributed by atoms with Crippen LogP contribution in [-0.2, 0) is 6.42 Å². The Morgan fingerprint density at radius 2 is 1.90 bits per heavy atom. The molecule has 0 spiro atoms. The molecule has 1 aromatic carbocycles. The summed E-state index contributed by atoms with van der Waals surface area (Å²) in [4.78, 5) is 24.4. The Morgan fingerprint density at radius 3 is 2.57 bits per heavy atom. The van der Waals surface area contributed by atoms with Crippen molar-refractivity contribution in [2.75, 3.05) is 33.7 Å². The van der Waals surface area contributed by atoms with Crippen molar-refractivity contribution >= 4 is 12.0 Å². The number of benzene rings is 1. The van der Waals surface area contributed by atoms with E-state index in [1.54, 1.807) is 18.2 Å². The van der Waals surface area contributed by atoms with Gasteiger partial charge in [-0.3, -0.25) is 0 Å². The van der Waals surface area contributed by atoms with Gasteiger partial charge in [0.2, 0.25) is 0 Å². The minimum atomic E-state index is -0.941. The summed E-state index contributed by atoms with van der Waals surface area (Å²) in [6.45, 7) is 2.04. The molecule has 2 amide bonds. The maximum Gasteiger partial charge on any atom is 0.335 e. The molecule has 3 N–H and O–H groups in total. The van der Waals surface area contributed by atoms with Crippen LogP contribution in [0.3, 0.4) is 0 Å². The van der Waals surface area contributed by atoms with Crippen molar-refractivity contribution in [3.8, 4) is 0 Å². The summed E-state index contributed by atoms with van der Waals surface area (Å²) < 4.78 is 0. The van der Waals surface area contributed by atoms with Crippen molar-refractivity contribution in [1.82, 2.24) is 15.5 Å². The number of rotatable bonds is 8. The summed E-state index contributed by atoms with van der Waals surface area (Å²) >= 11 is 0. The number of carbonyl (C=O) groups is 2. The molecule has 0 aliphatic heterocycles. The first-order chi connectivity index (χ1) is 9.99. The number of amides is 2. The van der Waals surface area contributed by atoms with Crippen molar-refractivity contribution < 1.29 is 14.7 Å². The maximum absolute atomic E-state index is 11.5. The van der Waals surface area contributed by atoms with Crippen LogP contribution in [0.1, 0.15) is 22.3 Å². The molecule has 0 aromatic heterocycles. The number of aromatic carboxylic acids is 1. The number of nitrogens with zero attached hydrogens (tertiary/aromatic N) is 1. The highest BCUT2D eigenvalue weighted by molar-refractivity contribution is 5.87. The molecule has 6 heteroatoms. The number of urea groups is 1. The van der Waals surface area contributed by atoms with E-state index in [-0.39, 0.29) is 11.6 Å². The second kappa shape index (κ2) is 8.97. The van der Waals surface area contributed by atoms with Crippen molar-refractivity contribution in [3.63, 3.8) is 0 Å². The fourth-order valence-corrected chi connectivity index (χ4v) is 1.84. The molecule has 0 fully saturated rings. The van der Waals surface area contributed by atoms with E-state index in [4.69, 9.17) is 5.11 Å². The molecule has 0 saturated carbocycles. The lowest BCUT2D eigenvalue weighted by Gasteiger charge is -2.10. The average Bonchev–Trinajstić information content (AvgIpc) is 2.44. The fraction of sp³-hybridized carbons (Fsp3) is 0.467. The number of hydrogen-bond donors (Lipinski definition) is 3.